The molecule has 0 atom stereocenters. The molecule has 0 saturated carbocycles. The Kier molecular flexibility index (Phi) is 7.66. The topological polar surface area (TPSA) is 58.5 Å². The SMILES string of the molecule is CN=C(NCCCOc1ccc(F)cc1)NCc1nc(C(C)C)cs1. The summed E-state index contributed by atoms with van der Waals surface area (Å²) in [6.07, 6.45) is 0.812. The fourth-order valence-electron chi connectivity index (χ4n) is 2.05. The van der Waals surface area contributed by atoms with E-state index in [9.17, 15) is 4.39 Å². The van der Waals surface area contributed by atoms with Crippen LogP contribution in [0.1, 0.15) is 36.9 Å². The Morgan fingerprint density at radius 3 is 2.68 bits per heavy atom. The Morgan fingerprint density at radius 2 is 2.04 bits per heavy atom. The Bertz CT molecular complexity index is 670. The van der Waals surface area contributed by atoms with Crippen LogP contribution in [0, 0.1) is 5.82 Å². The number of rotatable bonds is 8. The van der Waals surface area contributed by atoms with Gasteiger partial charge < -0.3 is 15.4 Å². The summed E-state index contributed by atoms with van der Waals surface area (Å²) in [7, 11) is 1.74. The minimum atomic E-state index is -0.260. The predicted octanol–water partition coefficient (Wildman–Crippen LogP) is 3.54. The van der Waals surface area contributed by atoms with Crippen molar-refractivity contribution < 1.29 is 9.13 Å². The fourth-order valence-corrected chi connectivity index (χ4v) is 2.95. The first kappa shape index (κ1) is 19.2. The number of halogens is 1. The average molecular weight is 364 g/mol. The fraction of sp³-hybridized carbons (Fsp3) is 0.444. The third kappa shape index (κ3) is 6.70. The van der Waals surface area contributed by atoms with Crippen molar-refractivity contribution in [3.05, 3.63) is 46.2 Å². The van der Waals surface area contributed by atoms with Gasteiger partial charge >= 0.3 is 0 Å². The second-order valence-electron chi connectivity index (χ2n) is 5.83. The van der Waals surface area contributed by atoms with Gasteiger partial charge in [0.15, 0.2) is 5.96 Å². The summed E-state index contributed by atoms with van der Waals surface area (Å²) in [5, 5.41) is 9.65. The number of hydrogen-bond acceptors (Lipinski definition) is 4. The Hall–Kier alpha value is -2.15. The zero-order valence-corrected chi connectivity index (χ0v) is 15.7. The average Bonchev–Trinajstić information content (AvgIpc) is 3.08. The zero-order valence-electron chi connectivity index (χ0n) is 14.9. The molecule has 1 aromatic heterocycles. The van der Waals surface area contributed by atoms with E-state index in [4.69, 9.17) is 4.74 Å². The van der Waals surface area contributed by atoms with Gasteiger partial charge in [-0.3, -0.25) is 4.99 Å². The molecule has 2 N–H and O–H groups in total. The number of aromatic nitrogens is 1. The zero-order chi connectivity index (χ0) is 18.1. The van der Waals surface area contributed by atoms with Crippen LogP contribution in [0.3, 0.4) is 0 Å². The van der Waals surface area contributed by atoms with E-state index in [0.717, 1.165) is 29.6 Å². The Labute approximate surface area is 152 Å². The largest absolute Gasteiger partial charge is 0.494 e. The van der Waals surface area contributed by atoms with Crippen molar-refractivity contribution >= 4 is 17.3 Å². The first-order chi connectivity index (χ1) is 12.1. The molecule has 0 saturated heterocycles. The summed E-state index contributed by atoms with van der Waals surface area (Å²) in [6, 6.07) is 6.04. The number of aliphatic imine (C=N–C) groups is 1. The van der Waals surface area contributed by atoms with Crippen LogP contribution in [0.4, 0.5) is 4.39 Å². The molecule has 136 valence electrons. The van der Waals surface area contributed by atoms with Crippen molar-refractivity contribution in [1.82, 2.24) is 15.6 Å². The quantitative estimate of drug-likeness (QED) is 0.427. The molecular formula is C18H25FN4OS. The molecule has 7 heteroatoms. The van der Waals surface area contributed by atoms with Crippen molar-refractivity contribution in [1.29, 1.82) is 0 Å². The maximum Gasteiger partial charge on any atom is 0.191 e. The second kappa shape index (κ2) is 9.98. The van der Waals surface area contributed by atoms with E-state index in [-0.39, 0.29) is 5.82 Å². The molecule has 0 aliphatic heterocycles. The van der Waals surface area contributed by atoms with Gasteiger partial charge in [-0.15, -0.1) is 11.3 Å². The summed E-state index contributed by atoms with van der Waals surface area (Å²) in [6.45, 7) is 6.22. The summed E-state index contributed by atoms with van der Waals surface area (Å²) in [4.78, 5) is 8.79. The molecule has 0 aliphatic rings. The van der Waals surface area contributed by atoms with Crippen molar-refractivity contribution in [3.63, 3.8) is 0 Å². The van der Waals surface area contributed by atoms with Crippen LogP contribution in [0.5, 0.6) is 5.75 Å². The number of ether oxygens (including phenoxy) is 1. The van der Waals surface area contributed by atoms with Crippen LogP contribution in [0.2, 0.25) is 0 Å². The second-order valence-corrected chi connectivity index (χ2v) is 6.77. The maximum atomic E-state index is 12.8. The van der Waals surface area contributed by atoms with E-state index in [1.807, 2.05) is 0 Å². The van der Waals surface area contributed by atoms with Gasteiger partial charge in [0.1, 0.15) is 16.6 Å². The first-order valence-corrected chi connectivity index (χ1v) is 9.23. The van der Waals surface area contributed by atoms with Gasteiger partial charge in [-0.1, -0.05) is 13.8 Å². The smallest absolute Gasteiger partial charge is 0.191 e. The van der Waals surface area contributed by atoms with Crippen molar-refractivity contribution in [2.24, 2.45) is 4.99 Å². The Balaban J connectivity index is 1.63. The molecule has 2 rings (SSSR count). The normalized spacial score (nSPS) is 11.6. The molecule has 0 unspecified atom stereocenters. The highest BCUT2D eigenvalue weighted by atomic mass is 32.1. The molecule has 0 aliphatic carbocycles. The van der Waals surface area contributed by atoms with E-state index >= 15 is 0 Å². The number of benzene rings is 1. The highest BCUT2D eigenvalue weighted by molar-refractivity contribution is 7.09. The summed E-state index contributed by atoms with van der Waals surface area (Å²) in [5.74, 6) is 1.60. The summed E-state index contributed by atoms with van der Waals surface area (Å²) >= 11 is 1.66. The van der Waals surface area contributed by atoms with Crippen LogP contribution in [0.25, 0.3) is 0 Å². The number of guanidine groups is 1. The van der Waals surface area contributed by atoms with Gasteiger partial charge in [-0.2, -0.15) is 0 Å². The van der Waals surface area contributed by atoms with Crippen LogP contribution in [-0.2, 0) is 6.54 Å². The lowest BCUT2D eigenvalue weighted by Gasteiger charge is -2.11. The minimum absolute atomic E-state index is 0.260. The number of hydrogen-bond donors (Lipinski definition) is 2. The summed E-state index contributed by atoms with van der Waals surface area (Å²) < 4.78 is 18.4. The predicted molar refractivity (Wildman–Crippen MR) is 101 cm³/mol. The monoisotopic (exact) mass is 364 g/mol. The summed E-state index contributed by atoms with van der Waals surface area (Å²) in [5.41, 5.74) is 1.13. The van der Waals surface area contributed by atoms with Gasteiger partial charge in [0.05, 0.1) is 18.8 Å². The first-order valence-electron chi connectivity index (χ1n) is 8.35. The van der Waals surface area contributed by atoms with Crippen LogP contribution in [-0.4, -0.2) is 31.1 Å². The van der Waals surface area contributed by atoms with Gasteiger partial charge in [0, 0.05) is 19.0 Å². The minimum Gasteiger partial charge on any atom is -0.494 e. The molecule has 5 nitrogen and oxygen atoms in total. The number of thiazole rings is 1. The van der Waals surface area contributed by atoms with Gasteiger partial charge in [0.2, 0.25) is 0 Å². The van der Waals surface area contributed by atoms with Gasteiger partial charge in [-0.05, 0) is 36.6 Å². The maximum absolute atomic E-state index is 12.8. The van der Waals surface area contributed by atoms with E-state index in [2.05, 4.69) is 39.8 Å². The van der Waals surface area contributed by atoms with E-state index in [1.54, 1.807) is 30.5 Å². The molecule has 0 fully saturated rings. The molecule has 0 radical (unpaired) electrons. The van der Waals surface area contributed by atoms with Crippen molar-refractivity contribution in [2.75, 3.05) is 20.2 Å². The standard InChI is InChI=1S/C18H25FN4OS/c1-13(2)16-12-25-17(23-16)11-22-18(20-3)21-9-4-10-24-15-7-5-14(19)6-8-15/h5-8,12-13H,4,9-11H2,1-3H3,(H2,20,21,22). The molecule has 1 heterocycles. The number of nitrogens with zero attached hydrogens (tertiary/aromatic N) is 2. The van der Waals surface area contributed by atoms with Gasteiger partial charge in [-0.25, -0.2) is 9.37 Å². The van der Waals surface area contributed by atoms with Crippen molar-refractivity contribution in [3.8, 4) is 5.75 Å². The van der Waals surface area contributed by atoms with Crippen LogP contribution in [0.15, 0.2) is 34.6 Å². The lowest BCUT2D eigenvalue weighted by Crippen LogP contribution is -2.37. The molecular weight excluding hydrogens is 339 g/mol. The third-order valence-corrected chi connectivity index (χ3v) is 4.35. The molecule has 2 aromatic rings. The van der Waals surface area contributed by atoms with E-state index in [0.29, 0.717) is 24.8 Å². The molecule has 1 aromatic carbocycles. The van der Waals surface area contributed by atoms with E-state index < -0.39 is 0 Å². The Morgan fingerprint density at radius 1 is 1.28 bits per heavy atom. The molecule has 25 heavy (non-hydrogen) atoms. The lowest BCUT2D eigenvalue weighted by atomic mass is 10.2. The lowest BCUT2D eigenvalue weighted by molar-refractivity contribution is 0.310. The van der Waals surface area contributed by atoms with E-state index in [1.165, 1.54) is 12.1 Å². The molecule has 0 spiro atoms. The highest BCUT2D eigenvalue weighted by Crippen LogP contribution is 2.17. The molecule has 0 bridgehead atoms. The van der Waals surface area contributed by atoms with Gasteiger partial charge in [0.25, 0.3) is 0 Å². The highest BCUT2D eigenvalue weighted by Gasteiger charge is 2.06. The van der Waals surface area contributed by atoms with Crippen LogP contribution >= 0.6 is 11.3 Å². The number of nitrogens with one attached hydrogen (secondary N) is 2. The van der Waals surface area contributed by atoms with Crippen molar-refractivity contribution in [2.45, 2.75) is 32.7 Å². The third-order valence-electron chi connectivity index (χ3n) is 3.49. The molecule has 0 amide bonds. The van der Waals surface area contributed by atoms with Crippen LogP contribution < -0.4 is 15.4 Å².